The van der Waals surface area contributed by atoms with Gasteiger partial charge < -0.3 is 5.32 Å². The van der Waals surface area contributed by atoms with Crippen molar-refractivity contribution >= 4 is 0 Å². The van der Waals surface area contributed by atoms with E-state index in [4.69, 9.17) is 0 Å². The van der Waals surface area contributed by atoms with Crippen LogP contribution in [-0.2, 0) is 19.8 Å². The topological polar surface area (TPSA) is 29.9 Å². The van der Waals surface area contributed by atoms with E-state index in [1.54, 1.807) is 0 Å². The molecule has 0 unspecified atom stereocenters. The molecule has 0 bridgehead atoms. The van der Waals surface area contributed by atoms with Crippen LogP contribution < -0.4 is 5.32 Å². The predicted molar refractivity (Wildman–Crippen MR) is 54.8 cm³/mol. The fourth-order valence-corrected chi connectivity index (χ4v) is 1.47. The summed E-state index contributed by atoms with van der Waals surface area (Å²) in [5.74, 6) is 0.408. The Labute approximate surface area is 92.6 Å². The monoisotopic (exact) mass is 235 g/mol. The van der Waals surface area contributed by atoms with Gasteiger partial charge in [-0.25, -0.2) is 0 Å². The van der Waals surface area contributed by atoms with Crippen molar-refractivity contribution in [2.45, 2.75) is 26.6 Å². The molecule has 0 saturated carbocycles. The van der Waals surface area contributed by atoms with E-state index in [1.807, 2.05) is 13.8 Å². The molecule has 16 heavy (non-hydrogen) atoms. The van der Waals surface area contributed by atoms with Crippen LogP contribution in [-0.4, -0.2) is 16.3 Å². The minimum Gasteiger partial charge on any atom is -0.312 e. The van der Waals surface area contributed by atoms with Gasteiger partial charge in [0.05, 0.1) is 6.20 Å². The molecule has 0 aliphatic rings. The molecule has 0 fully saturated rings. The summed E-state index contributed by atoms with van der Waals surface area (Å²) in [5, 5.41) is 6.61. The summed E-state index contributed by atoms with van der Waals surface area (Å²) in [4.78, 5) is 0. The highest BCUT2D eigenvalue weighted by Crippen LogP contribution is 2.31. The van der Waals surface area contributed by atoms with Gasteiger partial charge in [-0.05, 0) is 12.5 Å². The molecule has 0 saturated heterocycles. The van der Waals surface area contributed by atoms with E-state index >= 15 is 0 Å². The van der Waals surface area contributed by atoms with E-state index in [0.717, 1.165) is 4.68 Å². The first-order valence-corrected chi connectivity index (χ1v) is 5.11. The molecule has 1 heterocycles. The van der Waals surface area contributed by atoms with Gasteiger partial charge in [-0.1, -0.05) is 13.8 Å². The van der Waals surface area contributed by atoms with Crippen LogP contribution in [0.5, 0.6) is 0 Å². The molecule has 0 radical (unpaired) electrons. The Morgan fingerprint density at radius 1 is 1.44 bits per heavy atom. The number of alkyl halides is 3. The zero-order valence-electron chi connectivity index (χ0n) is 9.60. The van der Waals surface area contributed by atoms with Gasteiger partial charge in [-0.15, -0.1) is 0 Å². The van der Waals surface area contributed by atoms with Gasteiger partial charge in [0.2, 0.25) is 0 Å². The third kappa shape index (κ3) is 3.23. The molecule has 1 aromatic heterocycles. The van der Waals surface area contributed by atoms with Crippen LogP contribution in [0.4, 0.5) is 13.2 Å². The highest BCUT2D eigenvalue weighted by atomic mass is 19.4. The molecule has 1 N–H and O–H groups in total. The molecule has 3 nitrogen and oxygen atoms in total. The molecular weight excluding hydrogens is 219 g/mol. The molecule has 0 aliphatic heterocycles. The fraction of sp³-hybridized carbons (Fsp3) is 0.700. The lowest BCUT2D eigenvalue weighted by molar-refractivity contribution is -0.144. The predicted octanol–water partition coefficient (Wildman–Crippen LogP) is 2.18. The van der Waals surface area contributed by atoms with Crippen molar-refractivity contribution in [3.8, 4) is 0 Å². The maximum Gasteiger partial charge on any atom is 0.433 e. The summed E-state index contributed by atoms with van der Waals surface area (Å²) in [6.07, 6.45) is -3.09. The smallest absolute Gasteiger partial charge is 0.312 e. The summed E-state index contributed by atoms with van der Waals surface area (Å²) in [6.45, 7) is 4.88. The first-order valence-electron chi connectivity index (χ1n) is 5.11. The lowest BCUT2D eigenvalue weighted by atomic mass is 10.2. The van der Waals surface area contributed by atoms with Gasteiger partial charge in [0.1, 0.15) is 5.69 Å². The molecule has 1 rings (SSSR count). The largest absolute Gasteiger partial charge is 0.433 e. The molecule has 0 spiro atoms. The first kappa shape index (κ1) is 13.0. The summed E-state index contributed by atoms with van der Waals surface area (Å²) in [7, 11) is 1.30. The van der Waals surface area contributed by atoms with Crippen LogP contribution in [0.1, 0.15) is 25.1 Å². The molecule has 6 heteroatoms. The van der Waals surface area contributed by atoms with Gasteiger partial charge in [-0.2, -0.15) is 18.3 Å². The molecule has 0 atom stereocenters. The second-order valence-electron chi connectivity index (χ2n) is 4.16. The van der Waals surface area contributed by atoms with Gasteiger partial charge in [0.15, 0.2) is 0 Å². The van der Waals surface area contributed by atoms with Gasteiger partial charge in [0.25, 0.3) is 0 Å². The highest BCUT2D eigenvalue weighted by Gasteiger charge is 2.36. The zero-order valence-corrected chi connectivity index (χ0v) is 9.60. The van der Waals surface area contributed by atoms with Crippen molar-refractivity contribution in [1.82, 2.24) is 15.1 Å². The zero-order chi connectivity index (χ0) is 12.3. The molecular formula is C10H16F3N3. The molecule has 92 valence electrons. The van der Waals surface area contributed by atoms with Gasteiger partial charge >= 0.3 is 6.18 Å². The number of aryl methyl sites for hydroxylation is 1. The summed E-state index contributed by atoms with van der Waals surface area (Å²) in [6, 6.07) is 0. The van der Waals surface area contributed by atoms with Gasteiger partial charge in [0, 0.05) is 19.2 Å². The van der Waals surface area contributed by atoms with E-state index in [9.17, 15) is 13.2 Å². The Bertz CT molecular complexity index is 342. The number of halogens is 3. The van der Waals surface area contributed by atoms with E-state index in [-0.39, 0.29) is 12.1 Å². The highest BCUT2D eigenvalue weighted by molar-refractivity contribution is 5.20. The first-order chi connectivity index (χ1) is 7.32. The minimum absolute atomic E-state index is 0.190. The van der Waals surface area contributed by atoms with Crippen molar-refractivity contribution in [3.05, 3.63) is 17.5 Å². The maximum atomic E-state index is 12.6. The Hall–Kier alpha value is -1.04. The molecule has 0 aliphatic carbocycles. The fourth-order valence-electron chi connectivity index (χ4n) is 1.47. The van der Waals surface area contributed by atoms with Crippen LogP contribution in [0.3, 0.4) is 0 Å². The normalized spacial score (nSPS) is 12.4. The standard InChI is InChI=1S/C10H16F3N3/c1-7(2)4-14-5-8-6-15-16(3)9(8)10(11,12)13/h6-7,14H,4-5H2,1-3H3. The Morgan fingerprint density at radius 3 is 2.56 bits per heavy atom. The second kappa shape index (κ2) is 4.86. The number of hydrogen-bond donors (Lipinski definition) is 1. The van der Waals surface area contributed by atoms with E-state index in [2.05, 4.69) is 10.4 Å². The Morgan fingerprint density at radius 2 is 2.06 bits per heavy atom. The van der Waals surface area contributed by atoms with Crippen molar-refractivity contribution in [2.24, 2.45) is 13.0 Å². The van der Waals surface area contributed by atoms with Crippen LogP contribution in [0.25, 0.3) is 0 Å². The lowest BCUT2D eigenvalue weighted by Gasteiger charge is -2.11. The summed E-state index contributed by atoms with van der Waals surface area (Å²) < 4.78 is 38.8. The van der Waals surface area contributed by atoms with Crippen LogP contribution in [0, 0.1) is 5.92 Å². The average molecular weight is 235 g/mol. The Balaban J connectivity index is 2.74. The van der Waals surface area contributed by atoms with E-state index in [1.165, 1.54) is 13.2 Å². The maximum absolute atomic E-state index is 12.6. The SMILES string of the molecule is CC(C)CNCc1cnn(C)c1C(F)(F)F. The van der Waals surface area contributed by atoms with Crippen LogP contribution in [0.2, 0.25) is 0 Å². The van der Waals surface area contributed by atoms with Crippen molar-refractivity contribution < 1.29 is 13.2 Å². The third-order valence-corrected chi connectivity index (χ3v) is 2.15. The second-order valence-corrected chi connectivity index (χ2v) is 4.16. The quantitative estimate of drug-likeness (QED) is 0.867. The average Bonchev–Trinajstić information content (AvgIpc) is 2.45. The number of hydrogen-bond acceptors (Lipinski definition) is 2. The van der Waals surface area contributed by atoms with Crippen molar-refractivity contribution in [1.29, 1.82) is 0 Å². The summed E-state index contributed by atoms with van der Waals surface area (Å²) >= 11 is 0. The minimum atomic E-state index is -4.35. The van der Waals surface area contributed by atoms with Gasteiger partial charge in [-0.3, -0.25) is 4.68 Å². The Kier molecular flexibility index (Phi) is 3.96. The van der Waals surface area contributed by atoms with E-state index in [0.29, 0.717) is 12.5 Å². The number of rotatable bonds is 4. The van der Waals surface area contributed by atoms with Crippen molar-refractivity contribution in [3.63, 3.8) is 0 Å². The molecule has 0 aromatic carbocycles. The molecule has 0 amide bonds. The van der Waals surface area contributed by atoms with Crippen LogP contribution >= 0.6 is 0 Å². The van der Waals surface area contributed by atoms with E-state index < -0.39 is 11.9 Å². The number of nitrogens with one attached hydrogen (secondary N) is 1. The summed E-state index contributed by atoms with van der Waals surface area (Å²) in [5.41, 5.74) is -0.487. The molecule has 1 aromatic rings. The number of nitrogens with zero attached hydrogens (tertiary/aromatic N) is 2. The van der Waals surface area contributed by atoms with Crippen LogP contribution in [0.15, 0.2) is 6.20 Å². The third-order valence-electron chi connectivity index (χ3n) is 2.15. The number of aromatic nitrogens is 2. The lowest BCUT2D eigenvalue weighted by Crippen LogP contribution is -2.22. The van der Waals surface area contributed by atoms with Crippen molar-refractivity contribution in [2.75, 3.05) is 6.54 Å².